The van der Waals surface area contributed by atoms with Crippen LogP contribution >= 0.6 is 12.6 Å². The number of thiol groups is 1. The maximum Gasteiger partial charge on any atom is 0.224 e. The Kier molecular flexibility index (Phi) is 7.30. The molecule has 36 heavy (non-hydrogen) atoms. The normalized spacial score (nSPS) is 44.8. The molecule has 1 amide bonds. The van der Waals surface area contributed by atoms with Crippen molar-refractivity contribution in [1.29, 1.82) is 0 Å². The molecule has 0 spiro atoms. The Bertz CT molecular complexity index is 955. The lowest BCUT2D eigenvalue weighted by Crippen LogP contribution is -2.62. The van der Waals surface area contributed by atoms with E-state index in [1.165, 1.54) is 0 Å². The number of carbonyl (C=O) groups is 1. The summed E-state index contributed by atoms with van der Waals surface area (Å²) in [6.07, 6.45) is 6.54. The minimum absolute atomic E-state index is 0.0267. The minimum Gasteiger partial charge on any atom is -0.393 e. The molecule has 1 aromatic rings. The van der Waals surface area contributed by atoms with Crippen LogP contribution in [0.3, 0.4) is 0 Å². The van der Waals surface area contributed by atoms with Crippen LogP contribution in [0.25, 0.3) is 0 Å². The van der Waals surface area contributed by atoms with Crippen LogP contribution in [-0.2, 0) is 4.79 Å². The molecule has 4 aliphatic carbocycles. The maximum absolute atomic E-state index is 12.6. The predicted octanol–water partition coefficient (Wildman–Crippen LogP) is 5.29. The second-order valence-corrected chi connectivity index (χ2v) is 13.7. The van der Waals surface area contributed by atoms with Crippen molar-refractivity contribution in [2.75, 3.05) is 5.32 Å². The topological polar surface area (TPSA) is 89.8 Å². The van der Waals surface area contributed by atoms with Gasteiger partial charge in [0.25, 0.3) is 0 Å². The zero-order valence-corrected chi connectivity index (χ0v) is 23.0. The van der Waals surface area contributed by atoms with Gasteiger partial charge in [0.1, 0.15) is 0 Å². The van der Waals surface area contributed by atoms with Crippen LogP contribution in [0.2, 0.25) is 0 Å². The van der Waals surface area contributed by atoms with Crippen LogP contribution in [0.4, 0.5) is 5.69 Å². The first-order chi connectivity index (χ1) is 17.0. The number of rotatable bonds is 5. The Hall–Kier alpha value is -1.08. The monoisotopic (exact) mass is 515 g/mol. The molecule has 4 N–H and O–H groups in total. The first-order valence-corrected chi connectivity index (χ1v) is 14.6. The summed E-state index contributed by atoms with van der Waals surface area (Å²) in [4.78, 5) is 13.5. The summed E-state index contributed by atoms with van der Waals surface area (Å²) in [6.45, 7) is 6.90. The fourth-order valence-electron chi connectivity index (χ4n) is 9.46. The van der Waals surface area contributed by atoms with Gasteiger partial charge in [-0.3, -0.25) is 4.79 Å². The number of hydrogen-bond acceptors (Lipinski definition) is 5. The Labute approximate surface area is 221 Å². The molecule has 0 saturated heterocycles. The lowest BCUT2D eigenvalue weighted by Gasteiger charge is -2.63. The van der Waals surface area contributed by atoms with E-state index >= 15 is 0 Å². The zero-order chi connectivity index (χ0) is 25.8. The van der Waals surface area contributed by atoms with Crippen LogP contribution in [0.1, 0.15) is 78.6 Å². The van der Waals surface area contributed by atoms with Gasteiger partial charge in [-0.15, -0.1) is 12.6 Å². The van der Waals surface area contributed by atoms with Gasteiger partial charge in [-0.2, -0.15) is 0 Å². The van der Waals surface area contributed by atoms with E-state index in [0.29, 0.717) is 36.0 Å². The standard InChI is InChI=1S/C30H45NO4S/c1-17(4-11-27(35)31-19-5-7-21(36)8-6-19)22-9-10-23-28-24(16-26(34)30(22,23)3)29(2)13-12-20(32)14-18(29)15-25(28)33/h5-8,17-18,20,22-26,28,32-34,36H,4,9-16H2,1-3H3,(H,31,35)/t17-,18+,20-,22+,23-,24-,25+,26-,28-,29-,30+/m0/s1. The van der Waals surface area contributed by atoms with Crippen molar-refractivity contribution in [3.05, 3.63) is 24.3 Å². The van der Waals surface area contributed by atoms with Crippen molar-refractivity contribution in [2.45, 2.75) is 102 Å². The first-order valence-electron chi connectivity index (χ1n) is 14.2. The molecule has 0 aromatic heterocycles. The van der Waals surface area contributed by atoms with Gasteiger partial charge in [0.15, 0.2) is 0 Å². The largest absolute Gasteiger partial charge is 0.393 e. The molecule has 1 aromatic carbocycles. The predicted molar refractivity (Wildman–Crippen MR) is 145 cm³/mol. The van der Waals surface area contributed by atoms with Crippen molar-refractivity contribution < 1.29 is 20.1 Å². The third kappa shape index (κ3) is 4.44. The Morgan fingerprint density at radius 3 is 2.50 bits per heavy atom. The molecule has 6 heteroatoms. The Morgan fingerprint density at radius 1 is 1.06 bits per heavy atom. The van der Waals surface area contributed by atoms with Crippen LogP contribution < -0.4 is 5.32 Å². The fourth-order valence-corrected chi connectivity index (χ4v) is 9.61. The molecule has 0 aliphatic heterocycles. The number of aliphatic hydroxyl groups excluding tert-OH is 3. The summed E-state index contributed by atoms with van der Waals surface area (Å²) in [6, 6.07) is 7.48. The van der Waals surface area contributed by atoms with E-state index in [0.717, 1.165) is 61.9 Å². The number of nitrogens with one attached hydrogen (secondary N) is 1. The van der Waals surface area contributed by atoms with Gasteiger partial charge in [0.2, 0.25) is 5.91 Å². The number of aliphatic hydroxyl groups is 3. The van der Waals surface area contributed by atoms with Crippen LogP contribution in [0.5, 0.6) is 0 Å². The minimum atomic E-state index is -0.387. The van der Waals surface area contributed by atoms with E-state index < -0.39 is 0 Å². The van der Waals surface area contributed by atoms with Crippen LogP contribution in [0.15, 0.2) is 29.2 Å². The summed E-state index contributed by atoms with van der Waals surface area (Å²) in [7, 11) is 0. The molecule has 11 atom stereocenters. The van der Waals surface area contributed by atoms with E-state index in [4.69, 9.17) is 0 Å². The van der Waals surface area contributed by atoms with Gasteiger partial charge >= 0.3 is 0 Å². The van der Waals surface area contributed by atoms with E-state index in [1.807, 2.05) is 24.3 Å². The molecule has 0 unspecified atom stereocenters. The van der Waals surface area contributed by atoms with Gasteiger partial charge < -0.3 is 20.6 Å². The van der Waals surface area contributed by atoms with E-state index in [9.17, 15) is 20.1 Å². The number of carbonyl (C=O) groups excluding carboxylic acids is 1. The molecule has 4 aliphatic rings. The highest BCUT2D eigenvalue weighted by Crippen LogP contribution is 2.68. The second-order valence-electron chi connectivity index (χ2n) is 13.1. The highest BCUT2D eigenvalue weighted by molar-refractivity contribution is 7.80. The highest BCUT2D eigenvalue weighted by atomic mass is 32.1. The smallest absolute Gasteiger partial charge is 0.224 e. The number of hydrogen-bond donors (Lipinski definition) is 5. The molecular formula is C30H45NO4S. The number of anilines is 1. The number of benzene rings is 1. The molecule has 5 rings (SSSR count). The molecule has 4 fully saturated rings. The van der Waals surface area contributed by atoms with Crippen LogP contribution in [-0.4, -0.2) is 39.5 Å². The summed E-state index contributed by atoms with van der Waals surface area (Å²) >= 11 is 4.30. The molecule has 200 valence electrons. The van der Waals surface area contributed by atoms with Crippen molar-refractivity contribution >= 4 is 24.2 Å². The van der Waals surface area contributed by atoms with Gasteiger partial charge in [-0.05, 0) is 122 Å². The maximum atomic E-state index is 12.6. The Balaban J connectivity index is 1.27. The van der Waals surface area contributed by atoms with Crippen molar-refractivity contribution in [3.8, 4) is 0 Å². The van der Waals surface area contributed by atoms with E-state index in [1.54, 1.807) is 0 Å². The lowest BCUT2D eigenvalue weighted by atomic mass is 9.43. The summed E-state index contributed by atoms with van der Waals surface area (Å²) in [5.74, 6) is 1.89. The molecule has 0 heterocycles. The fraction of sp³-hybridized carbons (Fsp3) is 0.767. The summed E-state index contributed by atoms with van der Waals surface area (Å²) in [5.41, 5.74) is 0.663. The highest BCUT2D eigenvalue weighted by Gasteiger charge is 2.65. The average Bonchev–Trinajstić information content (AvgIpc) is 3.19. The zero-order valence-electron chi connectivity index (χ0n) is 22.1. The SMILES string of the molecule is C[C@@H](CCC(=O)Nc1ccc(S)cc1)[C@H]1CC[C@H]2[C@@H]3[C@H](O)C[C@H]4C[C@@H](O)CC[C@]4(C)[C@H]3C[C@H](O)[C@]12C. The summed E-state index contributed by atoms with van der Waals surface area (Å²) < 4.78 is 0. The van der Waals surface area contributed by atoms with Gasteiger partial charge in [0.05, 0.1) is 18.3 Å². The molecule has 5 nitrogen and oxygen atoms in total. The van der Waals surface area contributed by atoms with Crippen molar-refractivity contribution in [1.82, 2.24) is 0 Å². The third-order valence-electron chi connectivity index (χ3n) is 11.5. The van der Waals surface area contributed by atoms with Gasteiger partial charge in [-0.25, -0.2) is 0 Å². The van der Waals surface area contributed by atoms with E-state index in [2.05, 4.69) is 38.7 Å². The molecule has 0 bridgehead atoms. The molecule has 4 saturated carbocycles. The first kappa shape index (κ1) is 26.5. The van der Waals surface area contributed by atoms with Crippen LogP contribution in [0, 0.1) is 46.3 Å². The van der Waals surface area contributed by atoms with Gasteiger partial charge in [-0.1, -0.05) is 20.8 Å². The van der Waals surface area contributed by atoms with Gasteiger partial charge in [0, 0.05) is 17.0 Å². The average molecular weight is 516 g/mol. The molecular weight excluding hydrogens is 470 g/mol. The summed E-state index contributed by atoms with van der Waals surface area (Å²) in [5, 5.41) is 36.4. The number of fused-ring (bicyclic) bond motifs is 5. The Morgan fingerprint density at radius 2 is 1.78 bits per heavy atom. The van der Waals surface area contributed by atoms with E-state index in [-0.39, 0.29) is 41.0 Å². The molecule has 0 radical (unpaired) electrons. The van der Waals surface area contributed by atoms with Crippen molar-refractivity contribution in [3.63, 3.8) is 0 Å². The lowest BCUT2D eigenvalue weighted by molar-refractivity contribution is -0.207. The quantitative estimate of drug-likeness (QED) is 0.345. The second kappa shape index (κ2) is 9.91. The van der Waals surface area contributed by atoms with Crippen molar-refractivity contribution in [2.24, 2.45) is 46.3 Å². The third-order valence-corrected chi connectivity index (χ3v) is 11.8. The number of amides is 1.